The molecular weight excluding hydrogens is 399 g/mol. The Balaban J connectivity index is 1.35. The maximum atomic E-state index is 6.21. The van der Waals surface area contributed by atoms with Gasteiger partial charge in [0, 0.05) is 6.16 Å². The van der Waals surface area contributed by atoms with Gasteiger partial charge in [-0.05, 0) is 61.6 Å². The van der Waals surface area contributed by atoms with E-state index >= 15 is 0 Å². The van der Waals surface area contributed by atoms with Crippen molar-refractivity contribution in [1.29, 1.82) is 0 Å². The molecule has 0 N–H and O–H groups in total. The van der Waals surface area contributed by atoms with Crippen LogP contribution in [-0.2, 0) is 28.3 Å². The third-order valence-electron chi connectivity index (χ3n) is 5.30. The van der Waals surface area contributed by atoms with Gasteiger partial charge in [0.05, 0.1) is 13.2 Å². The third kappa shape index (κ3) is 10.2. The second-order valence-corrected chi connectivity index (χ2v) is 9.47. The number of unbranched alkanes of at least 4 members (excludes halogenated alkanes) is 2. The quantitative estimate of drug-likeness (QED) is 0.181. The van der Waals surface area contributed by atoms with Gasteiger partial charge in [0.1, 0.15) is 0 Å². The Kier molecular flexibility index (Phi) is 11.4. The molecule has 0 spiro atoms. The molecule has 0 aromatic heterocycles. The van der Waals surface area contributed by atoms with Gasteiger partial charge in [0.2, 0.25) is 0 Å². The Bertz CT molecular complexity index is 759. The largest absolute Gasteiger partial charge is 0.334 e. The van der Waals surface area contributed by atoms with Crippen LogP contribution in [-0.4, -0.2) is 19.4 Å². The van der Waals surface area contributed by atoms with E-state index in [2.05, 4.69) is 91.0 Å². The summed E-state index contributed by atoms with van der Waals surface area (Å²) in [6, 6.07) is 32.0. The molecule has 0 radical (unpaired) electrons. The lowest BCUT2D eigenvalue weighted by Gasteiger charge is -2.18. The molecule has 0 fully saturated rings. The van der Waals surface area contributed by atoms with Crippen LogP contribution in [0.25, 0.3) is 0 Å². The van der Waals surface area contributed by atoms with E-state index in [0.29, 0.717) is 0 Å². The minimum absolute atomic E-state index is 0.789. The monoisotopic (exact) mass is 434 g/mol. The molecule has 0 saturated carbocycles. The summed E-state index contributed by atoms with van der Waals surface area (Å²) in [6.07, 6.45) is 8.69. The molecule has 164 valence electrons. The Morgan fingerprint density at radius 2 is 0.839 bits per heavy atom. The van der Waals surface area contributed by atoms with E-state index < -0.39 is 8.38 Å². The summed E-state index contributed by atoms with van der Waals surface area (Å²) in [5.74, 6) is 0. The fraction of sp³-hybridized carbons (Fsp3) is 0.357. The van der Waals surface area contributed by atoms with Crippen LogP contribution in [0.2, 0.25) is 0 Å². The van der Waals surface area contributed by atoms with Gasteiger partial charge in [-0.25, -0.2) is 0 Å². The van der Waals surface area contributed by atoms with Crippen LogP contribution in [0.3, 0.4) is 0 Å². The SMILES string of the molecule is c1ccc(CCCCOP(CCc2ccccc2)OCCCCc2ccccc2)cc1. The van der Waals surface area contributed by atoms with Crippen molar-refractivity contribution >= 4 is 8.38 Å². The van der Waals surface area contributed by atoms with E-state index in [4.69, 9.17) is 9.05 Å². The van der Waals surface area contributed by atoms with Crippen LogP contribution in [0.4, 0.5) is 0 Å². The van der Waals surface area contributed by atoms with Crippen LogP contribution in [0.5, 0.6) is 0 Å². The maximum absolute atomic E-state index is 6.21. The fourth-order valence-electron chi connectivity index (χ4n) is 3.52. The van der Waals surface area contributed by atoms with Gasteiger partial charge >= 0.3 is 0 Å². The van der Waals surface area contributed by atoms with Crippen molar-refractivity contribution in [2.45, 2.75) is 44.9 Å². The average molecular weight is 435 g/mol. The van der Waals surface area contributed by atoms with E-state index in [0.717, 1.165) is 64.3 Å². The van der Waals surface area contributed by atoms with Crippen molar-refractivity contribution in [3.63, 3.8) is 0 Å². The van der Waals surface area contributed by atoms with Crippen LogP contribution in [0.1, 0.15) is 42.4 Å². The Hall–Kier alpha value is -1.99. The van der Waals surface area contributed by atoms with Crippen LogP contribution in [0.15, 0.2) is 91.0 Å². The lowest BCUT2D eigenvalue weighted by molar-refractivity contribution is 0.241. The molecular formula is C28H35O2P. The average Bonchev–Trinajstić information content (AvgIpc) is 2.83. The summed E-state index contributed by atoms with van der Waals surface area (Å²) >= 11 is 0. The smallest absolute Gasteiger partial charge is 0.170 e. The number of benzene rings is 3. The molecule has 0 aliphatic carbocycles. The van der Waals surface area contributed by atoms with Crippen molar-refractivity contribution in [3.05, 3.63) is 108 Å². The van der Waals surface area contributed by atoms with Crippen molar-refractivity contribution in [3.8, 4) is 0 Å². The van der Waals surface area contributed by atoms with Gasteiger partial charge < -0.3 is 9.05 Å². The van der Waals surface area contributed by atoms with Crippen LogP contribution in [0, 0.1) is 0 Å². The Morgan fingerprint density at radius 3 is 1.26 bits per heavy atom. The summed E-state index contributed by atoms with van der Waals surface area (Å²) in [6.45, 7) is 1.58. The van der Waals surface area contributed by atoms with Gasteiger partial charge in [0.25, 0.3) is 0 Å². The zero-order valence-corrected chi connectivity index (χ0v) is 19.4. The second kappa shape index (κ2) is 14.9. The predicted molar refractivity (Wildman–Crippen MR) is 133 cm³/mol. The Labute approximate surface area is 189 Å². The molecule has 0 unspecified atom stereocenters. The van der Waals surface area contributed by atoms with E-state index in [1.54, 1.807) is 0 Å². The lowest BCUT2D eigenvalue weighted by atomic mass is 10.1. The number of aryl methyl sites for hydroxylation is 3. The summed E-state index contributed by atoms with van der Waals surface area (Å²) < 4.78 is 12.4. The van der Waals surface area contributed by atoms with Crippen LogP contribution >= 0.6 is 8.38 Å². The molecule has 0 saturated heterocycles. The number of rotatable bonds is 15. The number of hydrogen-bond acceptors (Lipinski definition) is 2. The van der Waals surface area contributed by atoms with Gasteiger partial charge in [0.15, 0.2) is 8.38 Å². The second-order valence-electron chi connectivity index (χ2n) is 7.84. The zero-order valence-electron chi connectivity index (χ0n) is 18.5. The van der Waals surface area contributed by atoms with Gasteiger partial charge in [-0.1, -0.05) is 91.0 Å². The first-order valence-electron chi connectivity index (χ1n) is 11.6. The van der Waals surface area contributed by atoms with E-state index in [-0.39, 0.29) is 0 Å². The topological polar surface area (TPSA) is 18.5 Å². The van der Waals surface area contributed by atoms with Gasteiger partial charge in [-0.3, -0.25) is 0 Å². The third-order valence-corrected chi connectivity index (χ3v) is 6.83. The highest BCUT2D eigenvalue weighted by atomic mass is 31.2. The van der Waals surface area contributed by atoms with Crippen molar-refractivity contribution in [2.75, 3.05) is 19.4 Å². The molecule has 0 atom stereocenters. The van der Waals surface area contributed by atoms with Gasteiger partial charge in [-0.2, -0.15) is 0 Å². The molecule has 31 heavy (non-hydrogen) atoms. The zero-order chi connectivity index (χ0) is 21.4. The van der Waals surface area contributed by atoms with Crippen LogP contribution < -0.4 is 0 Å². The first-order valence-corrected chi connectivity index (χ1v) is 12.9. The number of hydrogen-bond donors (Lipinski definition) is 0. The van der Waals surface area contributed by atoms with E-state index in [1.165, 1.54) is 16.7 Å². The van der Waals surface area contributed by atoms with Crippen molar-refractivity contribution in [2.24, 2.45) is 0 Å². The molecule has 0 aliphatic heterocycles. The minimum atomic E-state index is -0.826. The highest BCUT2D eigenvalue weighted by molar-refractivity contribution is 7.47. The summed E-state index contributed by atoms with van der Waals surface area (Å²) in [4.78, 5) is 0. The molecule has 3 aromatic carbocycles. The molecule has 0 amide bonds. The van der Waals surface area contributed by atoms with Crippen molar-refractivity contribution in [1.82, 2.24) is 0 Å². The van der Waals surface area contributed by atoms with E-state index in [1.807, 2.05) is 0 Å². The summed E-state index contributed by atoms with van der Waals surface area (Å²) in [5, 5.41) is 0. The van der Waals surface area contributed by atoms with Gasteiger partial charge in [-0.15, -0.1) is 0 Å². The van der Waals surface area contributed by atoms with E-state index in [9.17, 15) is 0 Å². The standard InChI is InChI=1S/C28H35O2P/c1-4-14-26(15-5-1)20-10-12-23-29-31(25-22-28-18-8-3-9-19-28)30-24-13-11-21-27-16-6-2-7-17-27/h1-9,14-19H,10-13,20-25H2. The summed E-state index contributed by atoms with van der Waals surface area (Å²) in [7, 11) is -0.826. The molecule has 2 nitrogen and oxygen atoms in total. The minimum Gasteiger partial charge on any atom is -0.334 e. The molecule has 0 aliphatic rings. The van der Waals surface area contributed by atoms with Crippen molar-refractivity contribution < 1.29 is 9.05 Å². The molecule has 3 heteroatoms. The maximum Gasteiger partial charge on any atom is 0.170 e. The first-order chi connectivity index (χ1) is 15.4. The molecule has 0 bridgehead atoms. The highest BCUT2D eigenvalue weighted by Crippen LogP contribution is 2.39. The normalized spacial score (nSPS) is 11.1. The predicted octanol–water partition coefficient (Wildman–Crippen LogP) is 7.62. The molecule has 3 aromatic rings. The Morgan fingerprint density at radius 1 is 0.452 bits per heavy atom. The first kappa shape index (κ1) is 23.7. The lowest BCUT2D eigenvalue weighted by Crippen LogP contribution is -2.02. The fourth-order valence-corrected chi connectivity index (χ4v) is 4.95. The molecule has 3 rings (SSSR count). The highest BCUT2D eigenvalue weighted by Gasteiger charge is 2.11. The summed E-state index contributed by atoms with van der Waals surface area (Å²) in [5.41, 5.74) is 4.17. The molecule has 0 heterocycles.